The molecule has 3 heteroatoms. The number of hydrogen-bond donors (Lipinski definition) is 0. The van der Waals surface area contributed by atoms with Crippen LogP contribution in [0.2, 0.25) is 0 Å². The van der Waals surface area contributed by atoms with Gasteiger partial charge in [-0.2, -0.15) is 5.26 Å². The van der Waals surface area contributed by atoms with Gasteiger partial charge >= 0.3 is 0 Å². The second-order valence-corrected chi connectivity index (χ2v) is 6.22. The van der Waals surface area contributed by atoms with Crippen LogP contribution in [0, 0.1) is 11.3 Å². The predicted molar refractivity (Wildman–Crippen MR) is 95.2 cm³/mol. The highest BCUT2D eigenvalue weighted by Crippen LogP contribution is 2.43. The van der Waals surface area contributed by atoms with Crippen LogP contribution in [0.3, 0.4) is 0 Å². The first-order chi connectivity index (χ1) is 11.4. The van der Waals surface area contributed by atoms with E-state index in [2.05, 4.69) is 41.4 Å². The molecular weight excluding hydrogens is 300 g/mol. The maximum atomic E-state index is 8.99. The molecule has 0 amide bonds. The molecule has 0 saturated heterocycles. The Hall–Kier alpha value is -2.96. The van der Waals surface area contributed by atoms with E-state index in [0.717, 1.165) is 10.4 Å². The summed E-state index contributed by atoms with van der Waals surface area (Å²) in [5.41, 5.74) is 4.19. The average molecular weight is 312 g/mol. The lowest BCUT2D eigenvalue weighted by molar-refractivity contribution is 1.45. The Balaban J connectivity index is 2.00. The Morgan fingerprint density at radius 1 is 0.826 bits per heavy atom. The van der Waals surface area contributed by atoms with Gasteiger partial charge in [-0.05, 0) is 35.4 Å². The van der Waals surface area contributed by atoms with Crippen molar-refractivity contribution in [2.75, 3.05) is 0 Å². The third-order valence-electron chi connectivity index (χ3n) is 3.80. The molecule has 4 aromatic rings. The van der Waals surface area contributed by atoms with Crippen molar-refractivity contribution in [1.82, 2.24) is 4.98 Å². The second-order valence-electron chi connectivity index (χ2n) is 5.22. The smallest absolute Gasteiger partial charge is 0.124 e. The summed E-state index contributed by atoms with van der Waals surface area (Å²) in [6.07, 6.45) is 1.83. The molecule has 0 radical (unpaired) electrons. The van der Waals surface area contributed by atoms with E-state index in [1.807, 2.05) is 42.6 Å². The van der Waals surface area contributed by atoms with Gasteiger partial charge in [-0.15, -0.1) is 11.3 Å². The molecule has 23 heavy (non-hydrogen) atoms. The van der Waals surface area contributed by atoms with Crippen LogP contribution in [0.25, 0.3) is 31.8 Å². The third-order valence-corrected chi connectivity index (χ3v) is 4.97. The van der Waals surface area contributed by atoms with Gasteiger partial charge in [-0.25, -0.2) is 4.98 Å². The van der Waals surface area contributed by atoms with Gasteiger partial charge in [0, 0.05) is 22.0 Å². The Morgan fingerprint density at radius 2 is 1.61 bits per heavy atom. The molecule has 4 rings (SSSR count). The van der Waals surface area contributed by atoms with Crippen LogP contribution in [-0.4, -0.2) is 4.98 Å². The van der Waals surface area contributed by atoms with E-state index in [1.165, 1.54) is 21.4 Å². The van der Waals surface area contributed by atoms with Gasteiger partial charge < -0.3 is 0 Å². The molecule has 0 bridgehead atoms. The molecule has 0 aliphatic heterocycles. The standard InChI is InChI=1S/C20H12N2S/c21-13-14-8-10-16(11-9-14)19-18(15-5-2-1-3-6-15)17-7-4-12-22-20(17)23-19/h1-12H. The average Bonchev–Trinajstić information content (AvgIpc) is 3.02. The first-order valence-electron chi connectivity index (χ1n) is 7.30. The topological polar surface area (TPSA) is 36.7 Å². The minimum atomic E-state index is 0.675. The van der Waals surface area contributed by atoms with Crippen molar-refractivity contribution in [2.45, 2.75) is 0 Å². The minimum absolute atomic E-state index is 0.675. The van der Waals surface area contributed by atoms with E-state index >= 15 is 0 Å². The summed E-state index contributed by atoms with van der Waals surface area (Å²) in [4.78, 5) is 6.74. The number of thiophene rings is 1. The Bertz CT molecular complexity index is 1010. The van der Waals surface area contributed by atoms with E-state index in [1.54, 1.807) is 11.3 Å². The Morgan fingerprint density at radius 3 is 2.35 bits per heavy atom. The van der Waals surface area contributed by atoms with Gasteiger partial charge in [0.1, 0.15) is 4.83 Å². The van der Waals surface area contributed by atoms with E-state index in [9.17, 15) is 0 Å². The van der Waals surface area contributed by atoms with Crippen LogP contribution >= 0.6 is 11.3 Å². The quantitative estimate of drug-likeness (QED) is 0.490. The minimum Gasteiger partial charge on any atom is -0.245 e. The van der Waals surface area contributed by atoms with Gasteiger partial charge in [0.25, 0.3) is 0 Å². The maximum Gasteiger partial charge on any atom is 0.124 e. The van der Waals surface area contributed by atoms with E-state index in [0.29, 0.717) is 5.56 Å². The molecule has 108 valence electrons. The molecule has 2 aromatic heterocycles. The highest BCUT2D eigenvalue weighted by Gasteiger charge is 2.15. The van der Waals surface area contributed by atoms with E-state index in [-0.39, 0.29) is 0 Å². The molecule has 0 atom stereocenters. The summed E-state index contributed by atoms with van der Waals surface area (Å²) >= 11 is 1.69. The van der Waals surface area contributed by atoms with Gasteiger partial charge in [-0.1, -0.05) is 42.5 Å². The molecule has 0 saturated carbocycles. The summed E-state index contributed by atoms with van der Waals surface area (Å²) in [7, 11) is 0. The fraction of sp³-hybridized carbons (Fsp3) is 0. The van der Waals surface area contributed by atoms with Crippen LogP contribution in [-0.2, 0) is 0 Å². The predicted octanol–water partition coefficient (Wildman–Crippen LogP) is 5.50. The highest BCUT2D eigenvalue weighted by atomic mass is 32.1. The van der Waals surface area contributed by atoms with Crippen molar-refractivity contribution in [2.24, 2.45) is 0 Å². The number of nitriles is 1. The monoisotopic (exact) mass is 312 g/mol. The third kappa shape index (κ3) is 2.40. The van der Waals surface area contributed by atoms with Gasteiger partial charge in [0.2, 0.25) is 0 Å². The lowest BCUT2D eigenvalue weighted by Gasteiger charge is -2.05. The van der Waals surface area contributed by atoms with Crippen LogP contribution in [0.5, 0.6) is 0 Å². The Labute approximate surface area is 138 Å². The van der Waals surface area contributed by atoms with Crippen LogP contribution < -0.4 is 0 Å². The number of benzene rings is 2. The number of hydrogen-bond acceptors (Lipinski definition) is 3. The van der Waals surface area contributed by atoms with Crippen LogP contribution in [0.15, 0.2) is 72.9 Å². The molecule has 0 fully saturated rings. The highest BCUT2D eigenvalue weighted by molar-refractivity contribution is 7.22. The lowest BCUT2D eigenvalue weighted by Crippen LogP contribution is -1.81. The SMILES string of the molecule is N#Cc1ccc(-c2sc3ncccc3c2-c2ccccc2)cc1. The summed E-state index contributed by atoms with van der Waals surface area (Å²) in [5, 5.41) is 10.2. The molecular formula is C20H12N2S. The lowest BCUT2D eigenvalue weighted by atomic mass is 9.99. The van der Waals surface area contributed by atoms with Crippen molar-refractivity contribution in [3.63, 3.8) is 0 Å². The van der Waals surface area contributed by atoms with Crippen molar-refractivity contribution >= 4 is 21.6 Å². The van der Waals surface area contributed by atoms with Crippen molar-refractivity contribution in [3.8, 4) is 27.6 Å². The zero-order valence-corrected chi connectivity index (χ0v) is 13.0. The molecule has 0 N–H and O–H groups in total. The molecule has 2 heterocycles. The summed E-state index contributed by atoms with van der Waals surface area (Å²) in [6, 6.07) is 24.4. The Kier molecular flexibility index (Phi) is 3.38. The van der Waals surface area contributed by atoms with Gasteiger partial charge in [-0.3, -0.25) is 0 Å². The fourth-order valence-electron chi connectivity index (χ4n) is 2.72. The molecule has 0 aliphatic rings. The normalized spacial score (nSPS) is 10.6. The summed E-state index contributed by atoms with van der Waals surface area (Å²) in [6.45, 7) is 0. The zero-order chi connectivity index (χ0) is 15.6. The largest absolute Gasteiger partial charge is 0.245 e. The van der Waals surface area contributed by atoms with Gasteiger partial charge in [0.15, 0.2) is 0 Å². The zero-order valence-electron chi connectivity index (χ0n) is 12.2. The van der Waals surface area contributed by atoms with Crippen molar-refractivity contribution in [1.29, 1.82) is 5.26 Å². The number of aromatic nitrogens is 1. The fourth-order valence-corrected chi connectivity index (χ4v) is 3.89. The first-order valence-corrected chi connectivity index (χ1v) is 8.12. The maximum absolute atomic E-state index is 8.99. The van der Waals surface area contributed by atoms with Crippen LogP contribution in [0.1, 0.15) is 5.56 Å². The molecule has 0 unspecified atom stereocenters. The summed E-state index contributed by atoms with van der Waals surface area (Å²) in [5.74, 6) is 0. The number of nitrogens with zero attached hydrogens (tertiary/aromatic N) is 2. The van der Waals surface area contributed by atoms with Crippen molar-refractivity contribution < 1.29 is 0 Å². The van der Waals surface area contributed by atoms with Crippen molar-refractivity contribution in [3.05, 3.63) is 78.5 Å². The van der Waals surface area contributed by atoms with Gasteiger partial charge in [0.05, 0.1) is 11.6 Å². The van der Waals surface area contributed by atoms with Crippen LogP contribution in [0.4, 0.5) is 0 Å². The number of rotatable bonds is 2. The van der Waals surface area contributed by atoms with E-state index < -0.39 is 0 Å². The van der Waals surface area contributed by atoms with E-state index in [4.69, 9.17) is 5.26 Å². The number of pyridine rings is 1. The molecule has 2 nitrogen and oxygen atoms in total. The molecule has 2 aromatic carbocycles. The first kappa shape index (κ1) is 13.7. The summed E-state index contributed by atoms with van der Waals surface area (Å²) < 4.78 is 0. The molecule has 0 aliphatic carbocycles. The second kappa shape index (κ2) is 5.68. The number of fused-ring (bicyclic) bond motifs is 1. The molecule has 0 spiro atoms.